The van der Waals surface area contributed by atoms with Crippen LogP contribution in [0.1, 0.15) is 20.8 Å². The lowest BCUT2D eigenvalue weighted by atomic mass is 10.1. The molecule has 1 heterocycles. The van der Waals surface area contributed by atoms with Gasteiger partial charge in [-0.15, -0.1) is 11.3 Å². The minimum absolute atomic E-state index is 0.0707. The molecule has 0 spiro atoms. The molecule has 3 rings (SSSR count). The molecular formula is C21H20F3NO4S. The van der Waals surface area contributed by atoms with Crippen LogP contribution in [0, 0.1) is 5.82 Å². The Kier molecular flexibility index (Phi) is 7.17. The van der Waals surface area contributed by atoms with Gasteiger partial charge >= 0.3 is 6.61 Å². The first-order valence-electron chi connectivity index (χ1n) is 9.03. The number of carbonyl (C=O) groups is 1. The van der Waals surface area contributed by atoms with E-state index in [-0.39, 0.29) is 30.6 Å². The number of benzene rings is 2. The zero-order valence-corrected chi connectivity index (χ0v) is 17.2. The normalized spacial score (nSPS) is 11.1. The van der Waals surface area contributed by atoms with Gasteiger partial charge in [-0.3, -0.25) is 4.79 Å². The molecule has 9 heteroatoms. The van der Waals surface area contributed by atoms with Crippen LogP contribution >= 0.6 is 11.3 Å². The maximum Gasteiger partial charge on any atom is 0.387 e. The van der Waals surface area contributed by atoms with Gasteiger partial charge in [-0.25, -0.2) is 4.39 Å². The van der Waals surface area contributed by atoms with Crippen LogP contribution in [-0.2, 0) is 17.8 Å². The largest absolute Gasteiger partial charge is 0.493 e. The fourth-order valence-electron chi connectivity index (χ4n) is 3.10. The van der Waals surface area contributed by atoms with Gasteiger partial charge in [-0.05, 0) is 36.2 Å². The number of fused-ring (bicyclic) bond motifs is 1. The second-order valence-electron chi connectivity index (χ2n) is 6.33. The Morgan fingerprint density at radius 1 is 1.17 bits per heavy atom. The number of thiophene rings is 1. The highest BCUT2D eigenvalue weighted by atomic mass is 32.1. The third kappa shape index (κ3) is 4.85. The van der Waals surface area contributed by atoms with Crippen molar-refractivity contribution >= 4 is 27.3 Å². The monoisotopic (exact) mass is 439 g/mol. The van der Waals surface area contributed by atoms with E-state index >= 15 is 0 Å². The Labute approximate surface area is 175 Å². The standard InChI is InChI=1S/C21H20F3NO4S/c1-27-11-13-18-14(22)4-3-5-17(18)30-19(13)20(26)25-9-8-12-6-7-15(28-2)16(10-12)29-21(23)24/h3-7,10,21H,8-9,11H2,1-2H3,(H,25,26). The predicted octanol–water partition coefficient (Wildman–Crippen LogP) is 4.77. The van der Waals surface area contributed by atoms with Crippen molar-refractivity contribution in [2.45, 2.75) is 19.6 Å². The van der Waals surface area contributed by atoms with Gasteiger partial charge < -0.3 is 19.5 Å². The van der Waals surface area contributed by atoms with Gasteiger partial charge in [-0.2, -0.15) is 8.78 Å². The van der Waals surface area contributed by atoms with Crippen LogP contribution in [0.2, 0.25) is 0 Å². The lowest BCUT2D eigenvalue weighted by Gasteiger charge is -2.12. The molecule has 1 aromatic heterocycles. The third-order valence-electron chi connectivity index (χ3n) is 4.40. The van der Waals surface area contributed by atoms with E-state index in [0.29, 0.717) is 32.5 Å². The Morgan fingerprint density at radius 2 is 1.97 bits per heavy atom. The second-order valence-corrected chi connectivity index (χ2v) is 7.38. The number of halogens is 3. The van der Waals surface area contributed by atoms with Crippen LogP contribution in [-0.4, -0.2) is 33.3 Å². The van der Waals surface area contributed by atoms with Gasteiger partial charge in [0.2, 0.25) is 0 Å². The summed E-state index contributed by atoms with van der Waals surface area (Å²) in [5.41, 5.74) is 1.19. The van der Waals surface area contributed by atoms with Gasteiger partial charge in [-0.1, -0.05) is 12.1 Å². The Hall–Kier alpha value is -2.78. The van der Waals surface area contributed by atoms with Crippen LogP contribution in [0.5, 0.6) is 11.5 Å². The summed E-state index contributed by atoms with van der Waals surface area (Å²) in [7, 11) is 2.84. The topological polar surface area (TPSA) is 56.8 Å². The van der Waals surface area contributed by atoms with Crippen molar-refractivity contribution in [1.29, 1.82) is 0 Å². The average Bonchev–Trinajstić information content (AvgIpc) is 3.08. The van der Waals surface area contributed by atoms with E-state index < -0.39 is 12.4 Å². The van der Waals surface area contributed by atoms with Crippen LogP contribution in [0.15, 0.2) is 36.4 Å². The summed E-state index contributed by atoms with van der Waals surface area (Å²) in [6.45, 7) is -2.61. The van der Waals surface area contributed by atoms with Crippen LogP contribution in [0.25, 0.3) is 10.1 Å². The molecule has 0 saturated heterocycles. The maximum atomic E-state index is 14.3. The molecule has 0 fully saturated rings. The van der Waals surface area contributed by atoms with Crippen LogP contribution in [0.3, 0.4) is 0 Å². The number of carbonyl (C=O) groups excluding carboxylic acids is 1. The third-order valence-corrected chi connectivity index (χ3v) is 5.60. The number of rotatable bonds is 9. The quantitative estimate of drug-likeness (QED) is 0.522. The number of hydrogen-bond donors (Lipinski definition) is 1. The number of nitrogens with one attached hydrogen (secondary N) is 1. The lowest BCUT2D eigenvalue weighted by Crippen LogP contribution is -2.25. The molecule has 0 saturated carbocycles. The van der Waals surface area contributed by atoms with Crippen molar-refractivity contribution in [2.24, 2.45) is 0 Å². The van der Waals surface area contributed by atoms with Crippen molar-refractivity contribution in [3.63, 3.8) is 0 Å². The molecule has 0 aliphatic rings. The molecule has 0 bridgehead atoms. The zero-order chi connectivity index (χ0) is 21.7. The molecule has 0 aliphatic carbocycles. The molecule has 0 atom stereocenters. The smallest absolute Gasteiger partial charge is 0.387 e. The highest BCUT2D eigenvalue weighted by Gasteiger charge is 2.20. The summed E-state index contributed by atoms with van der Waals surface area (Å²) in [5.74, 6) is -0.627. The SMILES string of the molecule is COCc1c(C(=O)NCCc2ccc(OC)c(OC(F)F)c2)sc2cccc(F)c12. The number of ether oxygens (including phenoxy) is 3. The second kappa shape index (κ2) is 9.82. The van der Waals surface area contributed by atoms with Crippen molar-refractivity contribution < 1.29 is 32.2 Å². The summed E-state index contributed by atoms with van der Waals surface area (Å²) >= 11 is 1.19. The van der Waals surface area contributed by atoms with Gasteiger partial charge in [0.25, 0.3) is 5.91 Å². The van der Waals surface area contributed by atoms with E-state index in [1.165, 1.54) is 43.8 Å². The first kappa shape index (κ1) is 21.9. The summed E-state index contributed by atoms with van der Waals surface area (Å²) in [6, 6.07) is 9.37. The Bertz CT molecular complexity index is 1040. The zero-order valence-electron chi connectivity index (χ0n) is 16.3. The summed E-state index contributed by atoms with van der Waals surface area (Å²) < 4.78 is 54.7. The molecule has 3 aromatic rings. The minimum Gasteiger partial charge on any atom is -0.493 e. The van der Waals surface area contributed by atoms with E-state index in [1.54, 1.807) is 18.2 Å². The highest BCUT2D eigenvalue weighted by Crippen LogP contribution is 2.34. The molecule has 0 aliphatic heterocycles. The predicted molar refractivity (Wildman–Crippen MR) is 108 cm³/mol. The average molecular weight is 439 g/mol. The lowest BCUT2D eigenvalue weighted by molar-refractivity contribution is -0.0512. The van der Waals surface area contributed by atoms with Crippen molar-refractivity contribution in [3.05, 3.63) is 58.2 Å². The molecule has 160 valence electrons. The fourth-order valence-corrected chi connectivity index (χ4v) is 4.24. The number of hydrogen-bond acceptors (Lipinski definition) is 5. The minimum atomic E-state index is -2.97. The van der Waals surface area contributed by atoms with Crippen LogP contribution in [0.4, 0.5) is 13.2 Å². The molecule has 2 aromatic carbocycles. The molecule has 1 amide bonds. The highest BCUT2D eigenvalue weighted by molar-refractivity contribution is 7.21. The van der Waals surface area contributed by atoms with E-state index in [9.17, 15) is 18.0 Å². The molecule has 0 radical (unpaired) electrons. The van der Waals surface area contributed by atoms with Crippen molar-refractivity contribution in [2.75, 3.05) is 20.8 Å². The fraction of sp³-hybridized carbons (Fsp3) is 0.286. The molecule has 5 nitrogen and oxygen atoms in total. The number of amides is 1. The van der Waals surface area contributed by atoms with Gasteiger partial charge in [0.1, 0.15) is 5.82 Å². The van der Waals surface area contributed by atoms with Gasteiger partial charge in [0.15, 0.2) is 11.5 Å². The van der Waals surface area contributed by atoms with Gasteiger partial charge in [0, 0.05) is 29.3 Å². The number of alkyl halides is 2. The van der Waals surface area contributed by atoms with E-state index in [1.807, 2.05) is 0 Å². The summed E-state index contributed by atoms with van der Waals surface area (Å²) in [4.78, 5) is 13.1. The summed E-state index contributed by atoms with van der Waals surface area (Å²) in [6.07, 6.45) is 0.383. The molecule has 30 heavy (non-hydrogen) atoms. The van der Waals surface area contributed by atoms with E-state index in [4.69, 9.17) is 9.47 Å². The first-order valence-corrected chi connectivity index (χ1v) is 9.85. The van der Waals surface area contributed by atoms with Crippen molar-refractivity contribution in [1.82, 2.24) is 5.32 Å². The molecule has 1 N–H and O–H groups in total. The summed E-state index contributed by atoms with van der Waals surface area (Å²) in [5, 5.41) is 3.18. The Balaban J connectivity index is 1.72. The molecule has 0 unspecified atom stereocenters. The van der Waals surface area contributed by atoms with Gasteiger partial charge in [0.05, 0.1) is 18.6 Å². The molecular weight excluding hydrogens is 419 g/mol. The Morgan fingerprint density at radius 3 is 2.67 bits per heavy atom. The van der Waals surface area contributed by atoms with Crippen LogP contribution < -0.4 is 14.8 Å². The van der Waals surface area contributed by atoms with E-state index in [0.717, 1.165) is 0 Å². The maximum absolute atomic E-state index is 14.3. The van der Waals surface area contributed by atoms with Crippen molar-refractivity contribution in [3.8, 4) is 11.5 Å². The van der Waals surface area contributed by atoms with E-state index in [2.05, 4.69) is 10.1 Å². The first-order chi connectivity index (χ1) is 14.4. The number of methoxy groups -OCH3 is 2.